The van der Waals surface area contributed by atoms with Gasteiger partial charge in [0.1, 0.15) is 0 Å². The smallest absolute Gasteiger partial charge is 0.253 e. The Morgan fingerprint density at radius 2 is 2.04 bits per heavy atom. The van der Waals surface area contributed by atoms with Gasteiger partial charge in [0.2, 0.25) is 5.91 Å². The molecule has 0 radical (unpaired) electrons. The highest BCUT2D eigenvalue weighted by Gasteiger charge is 2.39. The number of anilines is 1. The highest BCUT2D eigenvalue weighted by atomic mass is 16.2. The van der Waals surface area contributed by atoms with Crippen molar-refractivity contribution in [2.45, 2.75) is 38.1 Å². The summed E-state index contributed by atoms with van der Waals surface area (Å²) in [7, 11) is 0. The molecule has 0 atom stereocenters. The number of benzene rings is 1. The maximum atomic E-state index is 12.9. The van der Waals surface area contributed by atoms with Crippen molar-refractivity contribution in [3.8, 4) is 0 Å². The van der Waals surface area contributed by atoms with E-state index < -0.39 is 5.41 Å². The first-order valence-electron chi connectivity index (χ1n) is 8.71. The monoisotopic (exact) mass is 338 g/mol. The minimum atomic E-state index is -0.599. The lowest BCUT2D eigenvalue weighted by molar-refractivity contribution is -0.119. The highest BCUT2D eigenvalue weighted by Crippen LogP contribution is 2.38. The number of hydrogen-bond donors (Lipinski definition) is 1. The van der Waals surface area contributed by atoms with Crippen LogP contribution in [0.5, 0.6) is 0 Å². The molecule has 2 amide bonds. The standard InChI is InChI=1S/C19H22N4O2/c1-19(2)15-12-13(4-5-16(15)21-18(19)25)17(24)22-10-6-14(7-11-22)23-9-3-8-20-23/h3-5,8-9,12,14H,6-7,10-11H2,1-2H3,(H,21,25). The Labute approximate surface area is 146 Å². The molecule has 0 aliphatic carbocycles. The predicted molar refractivity (Wildman–Crippen MR) is 94.5 cm³/mol. The maximum Gasteiger partial charge on any atom is 0.253 e. The van der Waals surface area contributed by atoms with Gasteiger partial charge in [0.25, 0.3) is 5.91 Å². The minimum Gasteiger partial charge on any atom is -0.338 e. The SMILES string of the molecule is CC1(C)C(=O)Nc2ccc(C(=O)N3CCC(n4cccn4)CC3)cc21. The molecule has 0 spiro atoms. The molecule has 130 valence electrons. The van der Waals surface area contributed by atoms with Gasteiger partial charge in [0.05, 0.1) is 11.5 Å². The number of nitrogens with zero attached hydrogens (tertiary/aromatic N) is 3. The molecule has 1 aromatic carbocycles. The van der Waals surface area contributed by atoms with Gasteiger partial charge < -0.3 is 10.2 Å². The number of likely N-dealkylation sites (tertiary alicyclic amines) is 1. The van der Waals surface area contributed by atoms with Crippen LogP contribution in [0, 0.1) is 0 Å². The lowest BCUT2D eigenvalue weighted by Crippen LogP contribution is -2.39. The van der Waals surface area contributed by atoms with Crippen molar-refractivity contribution in [3.05, 3.63) is 47.8 Å². The minimum absolute atomic E-state index is 0.0212. The predicted octanol–water partition coefficient (Wildman–Crippen LogP) is 2.59. The fourth-order valence-electron chi connectivity index (χ4n) is 3.72. The van der Waals surface area contributed by atoms with Crippen molar-refractivity contribution >= 4 is 17.5 Å². The van der Waals surface area contributed by atoms with E-state index in [2.05, 4.69) is 10.4 Å². The zero-order valence-corrected chi connectivity index (χ0v) is 14.5. The lowest BCUT2D eigenvalue weighted by Gasteiger charge is -2.32. The third-order valence-corrected chi connectivity index (χ3v) is 5.41. The molecule has 2 aliphatic rings. The van der Waals surface area contributed by atoms with E-state index in [0.29, 0.717) is 11.6 Å². The molecule has 0 bridgehead atoms. The third kappa shape index (κ3) is 2.62. The third-order valence-electron chi connectivity index (χ3n) is 5.41. The average Bonchev–Trinajstić information content (AvgIpc) is 3.22. The van der Waals surface area contributed by atoms with Crippen LogP contribution >= 0.6 is 0 Å². The summed E-state index contributed by atoms with van der Waals surface area (Å²) in [5.74, 6) is 0.0176. The van der Waals surface area contributed by atoms with Crippen LogP contribution in [0.25, 0.3) is 0 Å². The van der Waals surface area contributed by atoms with Gasteiger partial charge in [0.15, 0.2) is 0 Å². The first-order valence-corrected chi connectivity index (χ1v) is 8.71. The molecule has 0 saturated carbocycles. The fraction of sp³-hybridized carbons (Fsp3) is 0.421. The molecule has 3 heterocycles. The quantitative estimate of drug-likeness (QED) is 0.915. The number of aromatic nitrogens is 2. The molecule has 6 heteroatoms. The first-order chi connectivity index (χ1) is 12.0. The molecule has 1 aromatic heterocycles. The van der Waals surface area contributed by atoms with E-state index in [0.717, 1.165) is 37.2 Å². The zero-order chi connectivity index (χ0) is 17.6. The van der Waals surface area contributed by atoms with Crippen molar-refractivity contribution in [2.75, 3.05) is 18.4 Å². The van der Waals surface area contributed by atoms with Crippen LogP contribution in [-0.4, -0.2) is 39.6 Å². The Bertz CT molecular complexity index is 818. The molecule has 4 rings (SSSR count). The average molecular weight is 338 g/mol. The molecule has 0 unspecified atom stereocenters. The van der Waals surface area contributed by atoms with Crippen molar-refractivity contribution in [3.63, 3.8) is 0 Å². The zero-order valence-electron chi connectivity index (χ0n) is 14.5. The number of nitrogens with one attached hydrogen (secondary N) is 1. The molecular formula is C19H22N4O2. The van der Waals surface area contributed by atoms with E-state index in [1.54, 1.807) is 6.20 Å². The van der Waals surface area contributed by atoms with Gasteiger partial charge >= 0.3 is 0 Å². The molecule has 1 N–H and O–H groups in total. The number of piperidine rings is 1. The van der Waals surface area contributed by atoms with Crippen molar-refractivity contribution in [1.82, 2.24) is 14.7 Å². The van der Waals surface area contributed by atoms with Gasteiger partial charge in [-0.15, -0.1) is 0 Å². The number of hydrogen-bond acceptors (Lipinski definition) is 3. The molecule has 25 heavy (non-hydrogen) atoms. The van der Waals surface area contributed by atoms with Crippen molar-refractivity contribution in [2.24, 2.45) is 0 Å². The first kappa shape index (κ1) is 15.9. The molecule has 2 aromatic rings. The molecule has 2 aliphatic heterocycles. The van der Waals surface area contributed by atoms with Gasteiger partial charge in [0, 0.05) is 36.7 Å². The Kier molecular flexibility index (Phi) is 3.63. The van der Waals surface area contributed by atoms with Gasteiger partial charge in [-0.3, -0.25) is 14.3 Å². The summed E-state index contributed by atoms with van der Waals surface area (Å²) in [6.45, 7) is 5.22. The van der Waals surface area contributed by atoms with Gasteiger partial charge in [-0.05, 0) is 56.5 Å². The second kappa shape index (κ2) is 5.72. The van der Waals surface area contributed by atoms with Gasteiger partial charge in [-0.2, -0.15) is 5.10 Å². The van der Waals surface area contributed by atoms with E-state index in [1.807, 2.05) is 53.9 Å². The summed E-state index contributed by atoms with van der Waals surface area (Å²) in [6.07, 6.45) is 5.58. The normalized spacial score (nSPS) is 19.6. The number of amides is 2. The van der Waals surface area contributed by atoms with Crippen molar-refractivity contribution < 1.29 is 9.59 Å². The number of fused-ring (bicyclic) bond motifs is 1. The summed E-state index contributed by atoms with van der Waals surface area (Å²) in [5.41, 5.74) is 1.76. The van der Waals surface area contributed by atoms with E-state index in [4.69, 9.17) is 0 Å². The van der Waals surface area contributed by atoms with Crippen LogP contribution in [0.2, 0.25) is 0 Å². The molecule has 1 fully saturated rings. The topological polar surface area (TPSA) is 67.2 Å². The van der Waals surface area contributed by atoms with E-state index in [9.17, 15) is 9.59 Å². The number of carbonyl (C=O) groups excluding carboxylic acids is 2. The van der Waals surface area contributed by atoms with Crippen LogP contribution in [0.1, 0.15) is 48.7 Å². The van der Waals surface area contributed by atoms with E-state index in [-0.39, 0.29) is 11.8 Å². The Morgan fingerprint density at radius 3 is 2.72 bits per heavy atom. The van der Waals surface area contributed by atoms with Crippen LogP contribution in [0.4, 0.5) is 5.69 Å². The highest BCUT2D eigenvalue weighted by molar-refractivity contribution is 6.07. The van der Waals surface area contributed by atoms with Gasteiger partial charge in [-0.1, -0.05) is 0 Å². The van der Waals surface area contributed by atoms with E-state index >= 15 is 0 Å². The summed E-state index contributed by atoms with van der Waals surface area (Å²) >= 11 is 0. The Balaban J connectivity index is 1.50. The van der Waals surface area contributed by atoms with Crippen LogP contribution in [0.15, 0.2) is 36.7 Å². The van der Waals surface area contributed by atoms with Gasteiger partial charge in [-0.25, -0.2) is 0 Å². The summed E-state index contributed by atoms with van der Waals surface area (Å²) in [6, 6.07) is 7.81. The number of rotatable bonds is 2. The number of carbonyl (C=O) groups is 2. The van der Waals surface area contributed by atoms with Crippen LogP contribution in [0.3, 0.4) is 0 Å². The van der Waals surface area contributed by atoms with Crippen LogP contribution < -0.4 is 5.32 Å². The largest absolute Gasteiger partial charge is 0.338 e. The Hall–Kier alpha value is -2.63. The summed E-state index contributed by atoms with van der Waals surface area (Å²) in [5, 5.41) is 7.19. The second-order valence-corrected chi connectivity index (χ2v) is 7.35. The lowest BCUT2D eigenvalue weighted by atomic mass is 9.85. The second-order valence-electron chi connectivity index (χ2n) is 7.35. The molecule has 1 saturated heterocycles. The maximum absolute atomic E-state index is 12.9. The Morgan fingerprint density at radius 1 is 1.28 bits per heavy atom. The molecule has 6 nitrogen and oxygen atoms in total. The summed E-state index contributed by atoms with van der Waals surface area (Å²) in [4.78, 5) is 26.9. The fourth-order valence-corrected chi connectivity index (χ4v) is 3.72. The van der Waals surface area contributed by atoms with Crippen LogP contribution in [-0.2, 0) is 10.2 Å². The molecular weight excluding hydrogens is 316 g/mol. The summed E-state index contributed by atoms with van der Waals surface area (Å²) < 4.78 is 1.98. The van der Waals surface area contributed by atoms with Crippen molar-refractivity contribution in [1.29, 1.82) is 0 Å². The van der Waals surface area contributed by atoms with E-state index in [1.165, 1.54) is 0 Å².